The van der Waals surface area contributed by atoms with Crippen molar-refractivity contribution < 1.29 is 19.2 Å². The minimum atomic E-state index is -0.625. The van der Waals surface area contributed by atoms with Crippen LogP contribution in [0.1, 0.15) is 24.5 Å². The standard InChI is InChI=1S/C19H24N4O4/c1-13-3-5-15(6-4-13)11-21-9-10-22(14(2)18(21)26)17(25)12-23-16(24)7-8-20-19(23)27/h3-6,14H,7-12H2,1-2H3,(H,20,27)/t14-/m0/s1. The lowest BCUT2D eigenvalue weighted by Crippen LogP contribution is -2.60. The number of benzene rings is 1. The highest BCUT2D eigenvalue weighted by Gasteiger charge is 2.36. The smallest absolute Gasteiger partial charge is 0.324 e. The minimum absolute atomic E-state index is 0.135. The number of piperazine rings is 1. The third-order valence-electron chi connectivity index (χ3n) is 5.02. The maximum atomic E-state index is 12.7. The Morgan fingerprint density at radius 2 is 1.85 bits per heavy atom. The van der Waals surface area contributed by atoms with E-state index < -0.39 is 18.0 Å². The Hall–Kier alpha value is -2.90. The molecule has 0 radical (unpaired) electrons. The van der Waals surface area contributed by atoms with Crippen LogP contribution in [0.4, 0.5) is 4.79 Å². The molecule has 0 saturated carbocycles. The van der Waals surface area contributed by atoms with Crippen LogP contribution in [0.25, 0.3) is 0 Å². The predicted molar refractivity (Wildman–Crippen MR) is 97.5 cm³/mol. The van der Waals surface area contributed by atoms with Crippen LogP contribution in [0.3, 0.4) is 0 Å². The first-order chi connectivity index (χ1) is 12.9. The van der Waals surface area contributed by atoms with Gasteiger partial charge in [0.15, 0.2) is 0 Å². The summed E-state index contributed by atoms with van der Waals surface area (Å²) in [5.41, 5.74) is 2.20. The fourth-order valence-electron chi connectivity index (χ4n) is 3.35. The number of aryl methyl sites for hydroxylation is 1. The fraction of sp³-hybridized carbons (Fsp3) is 0.474. The quantitative estimate of drug-likeness (QED) is 0.833. The molecule has 2 aliphatic rings. The van der Waals surface area contributed by atoms with Gasteiger partial charge in [0.2, 0.25) is 17.7 Å². The highest BCUT2D eigenvalue weighted by atomic mass is 16.2. The molecule has 1 atom stereocenters. The topological polar surface area (TPSA) is 90.0 Å². The summed E-state index contributed by atoms with van der Waals surface area (Å²) in [6.07, 6.45) is 0.178. The highest BCUT2D eigenvalue weighted by Crippen LogP contribution is 2.16. The van der Waals surface area contributed by atoms with E-state index in [2.05, 4.69) is 5.32 Å². The molecule has 2 heterocycles. The summed E-state index contributed by atoms with van der Waals surface area (Å²) >= 11 is 0. The summed E-state index contributed by atoms with van der Waals surface area (Å²) in [6.45, 7) is 4.94. The molecule has 0 spiro atoms. The number of rotatable bonds is 4. The van der Waals surface area contributed by atoms with Gasteiger partial charge in [-0.3, -0.25) is 19.3 Å². The molecule has 2 fully saturated rings. The Kier molecular flexibility index (Phi) is 5.43. The van der Waals surface area contributed by atoms with E-state index in [0.29, 0.717) is 19.6 Å². The van der Waals surface area contributed by atoms with Crippen LogP contribution in [0.2, 0.25) is 0 Å². The molecular formula is C19H24N4O4. The number of carbonyl (C=O) groups excluding carboxylic acids is 4. The van der Waals surface area contributed by atoms with E-state index in [1.54, 1.807) is 11.8 Å². The van der Waals surface area contributed by atoms with Gasteiger partial charge in [0.25, 0.3) is 0 Å². The molecule has 2 saturated heterocycles. The SMILES string of the molecule is Cc1ccc(CN2CCN(C(=O)CN3C(=O)CCNC3=O)[C@@H](C)C2=O)cc1. The molecular weight excluding hydrogens is 348 g/mol. The zero-order chi connectivity index (χ0) is 19.6. The Bertz CT molecular complexity index is 745. The van der Waals surface area contributed by atoms with Crippen molar-refractivity contribution in [2.24, 2.45) is 0 Å². The van der Waals surface area contributed by atoms with Gasteiger partial charge in [-0.25, -0.2) is 4.79 Å². The molecule has 8 nitrogen and oxygen atoms in total. The first kappa shape index (κ1) is 18.9. The number of nitrogens with one attached hydrogen (secondary N) is 1. The van der Waals surface area contributed by atoms with E-state index in [4.69, 9.17) is 0 Å². The van der Waals surface area contributed by atoms with Crippen LogP contribution in [0.5, 0.6) is 0 Å². The van der Waals surface area contributed by atoms with Gasteiger partial charge >= 0.3 is 6.03 Å². The number of hydrogen-bond acceptors (Lipinski definition) is 4. The van der Waals surface area contributed by atoms with Gasteiger partial charge in [0.05, 0.1) is 0 Å². The Morgan fingerprint density at radius 3 is 2.52 bits per heavy atom. The van der Waals surface area contributed by atoms with Crippen molar-refractivity contribution in [1.29, 1.82) is 0 Å². The molecule has 2 aliphatic heterocycles. The molecule has 27 heavy (non-hydrogen) atoms. The Morgan fingerprint density at radius 1 is 1.15 bits per heavy atom. The molecule has 1 aromatic rings. The van der Waals surface area contributed by atoms with Crippen molar-refractivity contribution >= 4 is 23.8 Å². The van der Waals surface area contributed by atoms with Crippen LogP contribution >= 0.6 is 0 Å². The summed E-state index contributed by atoms with van der Waals surface area (Å²) in [4.78, 5) is 53.1. The number of urea groups is 1. The first-order valence-electron chi connectivity index (χ1n) is 9.09. The van der Waals surface area contributed by atoms with Crippen LogP contribution < -0.4 is 5.32 Å². The average molecular weight is 372 g/mol. The molecule has 1 N–H and O–H groups in total. The van der Waals surface area contributed by atoms with Gasteiger partial charge in [0.1, 0.15) is 12.6 Å². The summed E-state index contributed by atoms with van der Waals surface area (Å²) in [7, 11) is 0. The predicted octanol–water partition coefficient (Wildman–Crippen LogP) is 0.496. The van der Waals surface area contributed by atoms with Crippen molar-refractivity contribution in [2.75, 3.05) is 26.2 Å². The average Bonchev–Trinajstić information content (AvgIpc) is 2.64. The third kappa shape index (κ3) is 4.10. The number of nitrogens with zero attached hydrogens (tertiary/aromatic N) is 3. The molecule has 5 amide bonds. The van der Waals surface area contributed by atoms with Crippen LogP contribution in [0, 0.1) is 6.92 Å². The molecule has 0 aromatic heterocycles. The lowest BCUT2D eigenvalue weighted by Gasteiger charge is -2.40. The molecule has 8 heteroatoms. The summed E-state index contributed by atoms with van der Waals surface area (Å²) in [5.74, 6) is -0.898. The second-order valence-corrected chi connectivity index (χ2v) is 6.97. The van der Waals surface area contributed by atoms with Crippen molar-refractivity contribution in [3.05, 3.63) is 35.4 Å². The second-order valence-electron chi connectivity index (χ2n) is 6.97. The van der Waals surface area contributed by atoms with Gasteiger partial charge in [-0.2, -0.15) is 0 Å². The minimum Gasteiger partial charge on any atom is -0.337 e. The molecule has 3 rings (SSSR count). The largest absolute Gasteiger partial charge is 0.337 e. The number of carbonyl (C=O) groups is 4. The van der Waals surface area contributed by atoms with E-state index in [1.165, 1.54) is 4.90 Å². The number of hydrogen-bond donors (Lipinski definition) is 1. The molecule has 0 bridgehead atoms. The van der Waals surface area contributed by atoms with Gasteiger partial charge in [-0.15, -0.1) is 0 Å². The first-order valence-corrected chi connectivity index (χ1v) is 9.09. The monoisotopic (exact) mass is 372 g/mol. The second kappa shape index (κ2) is 7.77. The van der Waals surface area contributed by atoms with Crippen molar-refractivity contribution in [2.45, 2.75) is 32.9 Å². The zero-order valence-corrected chi connectivity index (χ0v) is 15.6. The number of amides is 5. The zero-order valence-electron chi connectivity index (χ0n) is 15.6. The summed E-state index contributed by atoms with van der Waals surface area (Å²) in [5, 5.41) is 2.55. The highest BCUT2D eigenvalue weighted by molar-refractivity contribution is 6.00. The van der Waals surface area contributed by atoms with Gasteiger partial charge in [-0.1, -0.05) is 29.8 Å². The summed E-state index contributed by atoms with van der Waals surface area (Å²) < 4.78 is 0. The summed E-state index contributed by atoms with van der Waals surface area (Å²) in [6, 6.07) is 6.81. The van der Waals surface area contributed by atoms with Crippen molar-refractivity contribution in [3.8, 4) is 0 Å². The van der Waals surface area contributed by atoms with Gasteiger partial charge in [-0.05, 0) is 19.4 Å². The van der Waals surface area contributed by atoms with E-state index in [-0.39, 0.29) is 31.3 Å². The lowest BCUT2D eigenvalue weighted by atomic mass is 10.1. The van der Waals surface area contributed by atoms with E-state index in [1.807, 2.05) is 31.2 Å². The molecule has 1 aromatic carbocycles. The van der Waals surface area contributed by atoms with Crippen LogP contribution in [-0.2, 0) is 20.9 Å². The van der Waals surface area contributed by atoms with E-state index in [9.17, 15) is 19.2 Å². The Labute approximate surface area is 158 Å². The lowest BCUT2D eigenvalue weighted by molar-refractivity contribution is -0.152. The van der Waals surface area contributed by atoms with Crippen LogP contribution in [0.15, 0.2) is 24.3 Å². The van der Waals surface area contributed by atoms with Gasteiger partial charge in [0, 0.05) is 32.6 Å². The van der Waals surface area contributed by atoms with E-state index in [0.717, 1.165) is 16.0 Å². The maximum Gasteiger partial charge on any atom is 0.324 e. The number of imide groups is 1. The van der Waals surface area contributed by atoms with Crippen molar-refractivity contribution in [1.82, 2.24) is 20.0 Å². The maximum absolute atomic E-state index is 12.7. The van der Waals surface area contributed by atoms with Crippen molar-refractivity contribution in [3.63, 3.8) is 0 Å². The van der Waals surface area contributed by atoms with E-state index >= 15 is 0 Å². The molecule has 0 unspecified atom stereocenters. The third-order valence-corrected chi connectivity index (χ3v) is 5.02. The Balaban J connectivity index is 1.61. The van der Waals surface area contributed by atoms with Crippen LogP contribution in [-0.4, -0.2) is 70.7 Å². The molecule has 144 valence electrons. The molecule has 0 aliphatic carbocycles. The fourth-order valence-corrected chi connectivity index (χ4v) is 3.35. The van der Waals surface area contributed by atoms with Gasteiger partial charge < -0.3 is 15.1 Å². The normalized spacial score (nSPS) is 20.7.